The molecule has 6 nitrogen and oxygen atoms in total. The van der Waals surface area contributed by atoms with Gasteiger partial charge in [0.05, 0.1) is 11.3 Å². The number of aliphatic imine (C=N–C) groups is 2. The van der Waals surface area contributed by atoms with Gasteiger partial charge in [0, 0.05) is 19.4 Å². The molecule has 9 heteroatoms. The molecule has 0 bridgehead atoms. The smallest absolute Gasteiger partial charge is 0.369 e. The van der Waals surface area contributed by atoms with Gasteiger partial charge in [0.15, 0.2) is 5.96 Å². The maximum absolute atomic E-state index is 13.3. The van der Waals surface area contributed by atoms with Crippen molar-refractivity contribution in [3.8, 4) is 0 Å². The van der Waals surface area contributed by atoms with Gasteiger partial charge in [0.25, 0.3) is 5.91 Å². The molecule has 0 saturated heterocycles. The van der Waals surface area contributed by atoms with Crippen LogP contribution in [0.5, 0.6) is 0 Å². The van der Waals surface area contributed by atoms with E-state index in [-0.39, 0.29) is 11.7 Å². The third-order valence-electron chi connectivity index (χ3n) is 4.97. The highest BCUT2D eigenvalue weighted by atomic mass is 19.4. The first-order chi connectivity index (χ1) is 14.6. The summed E-state index contributed by atoms with van der Waals surface area (Å²) in [5, 5.41) is 0. The summed E-state index contributed by atoms with van der Waals surface area (Å²) >= 11 is 0. The molecule has 0 aliphatic carbocycles. The Balaban J connectivity index is 2.23. The number of likely N-dealkylation sites (N-methyl/N-ethyl adjacent to an activating group) is 1. The van der Waals surface area contributed by atoms with Gasteiger partial charge in [-0.2, -0.15) is 13.2 Å². The Morgan fingerprint density at radius 1 is 1.29 bits per heavy atom. The van der Waals surface area contributed by atoms with Crippen LogP contribution in [0.15, 0.2) is 70.9 Å². The lowest BCUT2D eigenvalue weighted by Gasteiger charge is -2.26. The van der Waals surface area contributed by atoms with Crippen molar-refractivity contribution in [3.63, 3.8) is 0 Å². The summed E-state index contributed by atoms with van der Waals surface area (Å²) in [4.78, 5) is 26.4. The molecule has 2 aromatic rings. The fourth-order valence-electron chi connectivity index (χ4n) is 3.28. The number of benzene rings is 1. The molecule has 31 heavy (non-hydrogen) atoms. The first kappa shape index (κ1) is 21.9. The van der Waals surface area contributed by atoms with E-state index in [4.69, 9.17) is 5.73 Å². The SMILES string of the molecule is C=N/C=C\C=C(/C)c1cccc(C2(c3cc(C(F)(F)F)ccn3)N=C(N)N(C)C2=O)c1. The molecule has 0 radical (unpaired) electrons. The minimum Gasteiger partial charge on any atom is -0.369 e. The Bertz CT molecular complexity index is 1120. The van der Waals surface area contributed by atoms with Gasteiger partial charge in [-0.1, -0.05) is 24.3 Å². The number of aromatic nitrogens is 1. The molecule has 1 aliphatic rings. The number of carbonyl (C=O) groups excluding carboxylic acids is 1. The van der Waals surface area contributed by atoms with Crippen LogP contribution in [0.2, 0.25) is 0 Å². The zero-order valence-corrected chi connectivity index (χ0v) is 16.9. The second-order valence-corrected chi connectivity index (χ2v) is 6.93. The number of halogens is 3. The van der Waals surface area contributed by atoms with Gasteiger partial charge in [-0.15, -0.1) is 0 Å². The van der Waals surface area contributed by atoms with E-state index < -0.39 is 23.2 Å². The number of alkyl halides is 3. The standard InChI is InChI=1S/C22H20F3N5O/c1-14(6-5-10-27-2)15-7-4-8-16(12-15)21(19(31)30(3)20(26)29-21)18-13-17(9-11-28-18)22(23,24)25/h4-13H,2H2,1,3H3,(H2,26,29)/b10-5-,14-6+. The van der Waals surface area contributed by atoms with Crippen LogP contribution in [-0.4, -0.2) is 35.5 Å². The largest absolute Gasteiger partial charge is 0.416 e. The molecule has 1 unspecified atom stereocenters. The summed E-state index contributed by atoms with van der Waals surface area (Å²) in [5.74, 6) is -0.701. The zero-order valence-electron chi connectivity index (χ0n) is 16.9. The predicted octanol–water partition coefficient (Wildman–Crippen LogP) is 3.75. The molecule has 1 aromatic carbocycles. The topological polar surface area (TPSA) is 83.9 Å². The average Bonchev–Trinajstić information content (AvgIpc) is 2.98. The number of hydrogen-bond acceptors (Lipinski definition) is 5. The van der Waals surface area contributed by atoms with Crippen LogP contribution in [-0.2, 0) is 16.5 Å². The summed E-state index contributed by atoms with van der Waals surface area (Å²) in [6.45, 7) is 5.21. The molecule has 2 heterocycles. The average molecular weight is 427 g/mol. The number of allylic oxidation sites excluding steroid dienone is 3. The van der Waals surface area contributed by atoms with E-state index in [2.05, 4.69) is 21.7 Å². The number of guanidine groups is 1. The van der Waals surface area contributed by atoms with Gasteiger partial charge in [-0.25, -0.2) is 4.99 Å². The van der Waals surface area contributed by atoms with Gasteiger partial charge in [-0.3, -0.25) is 19.7 Å². The lowest BCUT2D eigenvalue weighted by atomic mass is 9.84. The van der Waals surface area contributed by atoms with Crippen molar-refractivity contribution in [2.24, 2.45) is 15.7 Å². The van der Waals surface area contributed by atoms with Crippen LogP contribution in [0.3, 0.4) is 0 Å². The van der Waals surface area contributed by atoms with E-state index in [0.29, 0.717) is 5.56 Å². The maximum atomic E-state index is 13.3. The second kappa shape index (κ2) is 8.17. The fourth-order valence-corrected chi connectivity index (χ4v) is 3.28. The number of pyridine rings is 1. The zero-order chi connectivity index (χ0) is 22.8. The Morgan fingerprint density at radius 2 is 2.03 bits per heavy atom. The Kier molecular flexibility index (Phi) is 5.79. The molecule has 1 amide bonds. The van der Waals surface area contributed by atoms with Crippen LogP contribution in [0, 0.1) is 0 Å². The molecule has 3 rings (SSSR count). The Labute approximate surface area is 177 Å². The minimum absolute atomic E-state index is 0.109. The predicted molar refractivity (Wildman–Crippen MR) is 113 cm³/mol. The van der Waals surface area contributed by atoms with Crippen molar-refractivity contribution in [1.82, 2.24) is 9.88 Å². The first-order valence-electron chi connectivity index (χ1n) is 9.18. The molecular formula is C22H20F3N5O. The van der Waals surface area contributed by atoms with Gasteiger partial charge >= 0.3 is 6.18 Å². The summed E-state index contributed by atoms with van der Waals surface area (Å²) in [6, 6.07) is 8.50. The van der Waals surface area contributed by atoms with Crippen molar-refractivity contribution < 1.29 is 18.0 Å². The quantitative estimate of drug-likeness (QED) is 0.583. The first-order valence-corrected chi connectivity index (χ1v) is 9.18. The van der Waals surface area contributed by atoms with E-state index >= 15 is 0 Å². The van der Waals surface area contributed by atoms with Crippen molar-refractivity contribution >= 4 is 24.2 Å². The number of nitrogens with two attached hydrogens (primary N) is 1. The second-order valence-electron chi connectivity index (χ2n) is 6.93. The van der Waals surface area contributed by atoms with E-state index in [1.165, 1.54) is 13.2 Å². The van der Waals surface area contributed by atoms with E-state index in [1.54, 1.807) is 30.4 Å². The fraction of sp³-hybridized carbons (Fsp3) is 0.182. The van der Waals surface area contributed by atoms with Crippen LogP contribution in [0.25, 0.3) is 5.57 Å². The van der Waals surface area contributed by atoms with Crippen LogP contribution < -0.4 is 5.73 Å². The van der Waals surface area contributed by atoms with Gasteiger partial charge in [-0.05, 0) is 54.6 Å². The summed E-state index contributed by atoms with van der Waals surface area (Å²) in [6.07, 6.45) is 1.42. The lowest BCUT2D eigenvalue weighted by Crippen LogP contribution is -2.41. The molecule has 1 aromatic heterocycles. The van der Waals surface area contributed by atoms with Crippen LogP contribution in [0.1, 0.15) is 29.3 Å². The lowest BCUT2D eigenvalue weighted by molar-refractivity contribution is -0.138. The normalized spacial score (nSPS) is 19.8. The number of amides is 1. The number of carbonyl (C=O) groups is 1. The summed E-state index contributed by atoms with van der Waals surface area (Å²) < 4.78 is 40.0. The highest BCUT2D eigenvalue weighted by Crippen LogP contribution is 2.41. The van der Waals surface area contributed by atoms with Gasteiger partial charge in [0.1, 0.15) is 0 Å². The number of rotatable bonds is 5. The highest BCUT2D eigenvalue weighted by Gasteiger charge is 2.51. The molecular weight excluding hydrogens is 407 g/mol. The molecule has 0 spiro atoms. The van der Waals surface area contributed by atoms with Crippen molar-refractivity contribution in [3.05, 3.63) is 83.3 Å². The molecule has 1 atom stereocenters. The third kappa shape index (κ3) is 3.98. The van der Waals surface area contributed by atoms with Gasteiger partial charge in [0.2, 0.25) is 5.54 Å². The molecule has 0 fully saturated rings. The third-order valence-corrected chi connectivity index (χ3v) is 4.97. The number of hydrogen-bond donors (Lipinski definition) is 1. The Hall–Kier alpha value is -3.75. The minimum atomic E-state index is -4.60. The molecule has 2 N–H and O–H groups in total. The highest BCUT2D eigenvalue weighted by molar-refractivity contribution is 6.08. The van der Waals surface area contributed by atoms with Crippen LogP contribution in [0.4, 0.5) is 13.2 Å². The number of nitrogens with zero attached hydrogens (tertiary/aromatic N) is 4. The monoisotopic (exact) mass is 427 g/mol. The maximum Gasteiger partial charge on any atom is 0.416 e. The van der Waals surface area contributed by atoms with Crippen molar-refractivity contribution in [2.45, 2.75) is 18.6 Å². The van der Waals surface area contributed by atoms with Gasteiger partial charge < -0.3 is 5.73 Å². The molecule has 1 aliphatic heterocycles. The van der Waals surface area contributed by atoms with Crippen molar-refractivity contribution in [1.29, 1.82) is 0 Å². The molecule has 160 valence electrons. The summed E-state index contributed by atoms with van der Waals surface area (Å²) in [5.41, 5.74) is 4.91. The van der Waals surface area contributed by atoms with E-state index in [9.17, 15) is 18.0 Å². The van der Waals surface area contributed by atoms with Crippen molar-refractivity contribution in [2.75, 3.05) is 7.05 Å². The van der Waals surface area contributed by atoms with E-state index in [0.717, 1.165) is 34.4 Å². The summed E-state index contributed by atoms with van der Waals surface area (Å²) in [7, 11) is 1.42. The van der Waals surface area contributed by atoms with Crippen LogP contribution >= 0.6 is 0 Å². The van der Waals surface area contributed by atoms with E-state index in [1.807, 2.05) is 13.0 Å². The molecule has 0 saturated carbocycles. The Morgan fingerprint density at radius 3 is 2.65 bits per heavy atom.